The summed E-state index contributed by atoms with van der Waals surface area (Å²) in [6, 6.07) is 10.8. The summed E-state index contributed by atoms with van der Waals surface area (Å²) in [6.45, 7) is 21.6. The van der Waals surface area contributed by atoms with Gasteiger partial charge in [0, 0.05) is 36.9 Å². The molecule has 1 unspecified atom stereocenters. The third-order valence-corrected chi connectivity index (χ3v) is 11.3. The van der Waals surface area contributed by atoms with Crippen molar-refractivity contribution in [2.45, 2.75) is 131 Å². The van der Waals surface area contributed by atoms with Crippen LogP contribution in [0.25, 0.3) is 0 Å². The second kappa shape index (κ2) is 20.6. The Balaban J connectivity index is 0.000000489. The maximum atomic E-state index is 13.5. The highest BCUT2D eigenvalue weighted by molar-refractivity contribution is 7.78. The lowest BCUT2D eigenvalue weighted by atomic mass is 9.70. The van der Waals surface area contributed by atoms with Crippen molar-refractivity contribution >= 4 is 40.9 Å². The lowest BCUT2D eigenvalue weighted by molar-refractivity contribution is -0.138. The Labute approximate surface area is 342 Å². The molecule has 57 heavy (non-hydrogen) atoms. The standard InChI is InChI=1S/C33H47N5O3S.C9H6F3N.C2H6/c1-7-11-23(5)38-30(24(6)22(4)8-2)32(41)34-31(35-38)27-20-26(12-13-28(27)39)36-18-14-25(15-19-36)37(21-42)33(16-10-17-33)29(40)9-3;1-6-2-3-7(5-13)8(4-6)9(10,11)12;1-2/h12-13,20-22,25,39H,5,7-11,14-19H2,1-4,6H3,(H,34,35,41);2-4H,1H3;1-2H3/b30-24-;;. The quantitative estimate of drug-likeness (QED) is 0.161. The number of piperidine rings is 1. The van der Waals surface area contributed by atoms with Crippen LogP contribution in [-0.4, -0.2) is 62.7 Å². The molecule has 1 atom stereocenters. The Morgan fingerprint density at radius 3 is 2.33 bits per heavy atom. The van der Waals surface area contributed by atoms with Crippen LogP contribution in [0.15, 0.2) is 65.0 Å². The number of halogens is 3. The van der Waals surface area contributed by atoms with Crippen molar-refractivity contribution in [1.82, 2.24) is 15.2 Å². The zero-order valence-electron chi connectivity index (χ0n) is 34.7. The highest BCUT2D eigenvalue weighted by Gasteiger charge is 2.49. The van der Waals surface area contributed by atoms with Crippen molar-refractivity contribution in [2.24, 2.45) is 11.0 Å². The number of hydrogen-bond donors (Lipinski definition) is 2. The van der Waals surface area contributed by atoms with Crippen LogP contribution in [0.1, 0.15) is 129 Å². The molecule has 5 rings (SSSR count). The van der Waals surface area contributed by atoms with Gasteiger partial charge < -0.3 is 20.2 Å². The largest absolute Gasteiger partial charge is 0.507 e. The molecule has 0 radical (unpaired) electrons. The molecule has 1 aliphatic carbocycles. The number of carbonyl (C=O) groups excluding carboxylic acids is 2. The van der Waals surface area contributed by atoms with Crippen LogP contribution in [0.2, 0.25) is 0 Å². The average molecular weight is 809 g/mol. The van der Waals surface area contributed by atoms with E-state index in [0.717, 1.165) is 81.1 Å². The molecular weight excluding hydrogens is 750 g/mol. The molecule has 3 aliphatic rings. The summed E-state index contributed by atoms with van der Waals surface area (Å²) in [4.78, 5) is 30.9. The van der Waals surface area contributed by atoms with Crippen molar-refractivity contribution < 1.29 is 27.9 Å². The molecule has 13 heteroatoms. The summed E-state index contributed by atoms with van der Waals surface area (Å²) in [7, 11) is 0. The smallest absolute Gasteiger partial charge is 0.417 e. The van der Waals surface area contributed by atoms with E-state index in [-0.39, 0.29) is 29.2 Å². The number of Topliss-reactive ketones (excluding diaryl/α,β-unsaturated/α-hetero) is 1. The number of anilines is 1. The van der Waals surface area contributed by atoms with E-state index in [0.29, 0.717) is 41.3 Å². The number of nitriles is 1. The summed E-state index contributed by atoms with van der Waals surface area (Å²) < 4.78 is 36.8. The first-order valence-electron chi connectivity index (χ1n) is 20.1. The molecule has 2 fully saturated rings. The van der Waals surface area contributed by atoms with Crippen LogP contribution in [0, 0.1) is 24.2 Å². The molecule has 2 aromatic rings. The fourth-order valence-corrected chi connectivity index (χ4v) is 7.80. The monoisotopic (exact) mass is 808 g/mol. The van der Waals surface area contributed by atoms with Gasteiger partial charge in [-0.2, -0.15) is 18.4 Å². The van der Waals surface area contributed by atoms with E-state index in [9.17, 15) is 27.9 Å². The number of phenolic OH excluding ortho intramolecular Hbond substituents is 1. The molecule has 9 nitrogen and oxygen atoms in total. The van der Waals surface area contributed by atoms with E-state index in [4.69, 9.17) is 22.6 Å². The molecule has 0 aromatic heterocycles. The first kappa shape index (κ1) is 46.7. The third kappa shape index (κ3) is 10.6. The lowest BCUT2D eigenvalue weighted by Crippen LogP contribution is -2.63. The lowest BCUT2D eigenvalue weighted by Gasteiger charge is -2.53. The van der Waals surface area contributed by atoms with Gasteiger partial charge in [0.15, 0.2) is 11.6 Å². The summed E-state index contributed by atoms with van der Waals surface area (Å²) in [5, 5.41) is 28.8. The first-order valence-corrected chi connectivity index (χ1v) is 20.6. The number of aryl methyl sites for hydroxylation is 1. The normalized spacial score (nSPS) is 17.9. The molecular formula is C44H59F3N6O3S. The zero-order valence-corrected chi connectivity index (χ0v) is 35.5. The Morgan fingerprint density at radius 2 is 1.82 bits per heavy atom. The van der Waals surface area contributed by atoms with Crippen molar-refractivity contribution in [3.63, 3.8) is 0 Å². The van der Waals surface area contributed by atoms with Crippen LogP contribution in [-0.2, 0) is 15.8 Å². The summed E-state index contributed by atoms with van der Waals surface area (Å²) in [6.07, 6.45) is 3.18. The van der Waals surface area contributed by atoms with Gasteiger partial charge in [-0.15, -0.1) is 5.10 Å². The zero-order chi connectivity index (χ0) is 42.7. The highest BCUT2D eigenvalue weighted by atomic mass is 32.1. The van der Waals surface area contributed by atoms with Crippen molar-refractivity contribution in [3.8, 4) is 11.8 Å². The minimum Gasteiger partial charge on any atom is -0.507 e. The fraction of sp³-hybridized carbons (Fsp3) is 0.523. The molecule has 1 saturated heterocycles. The number of hydrogen-bond acceptors (Lipinski definition) is 8. The molecule has 310 valence electrons. The number of aromatic hydroxyl groups is 1. The number of nitrogens with zero attached hydrogens (tertiary/aromatic N) is 5. The number of alkyl halides is 3. The van der Waals surface area contributed by atoms with Crippen LogP contribution >= 0.6 is 12.2 Å². The van der Waals surface area contributed by atoms with Crippen LogP contribution in [0.5, 0.6) is 5.75 Å². The van der Waals surface area contributed by atoms with Gasteiger partial charge >= 0.3 is 6.18 Å². The molecule has 2 heterocycles. The van der Waals surface area contributed by atoms with Gasteiger partial charge in [-0.25, -0.2) is 5.01 Å². The Hall–Kier alpha value is -4.70. The number of allylic oxidation sites excluding steroid dienone is 2. The molecule has 1 saturated carbocycles. The van der Waals surface area contributed by atoms with Gasteiger partial charge in [-0.3, -0.25) is 9.59 Å². The Bertz CT molecular complexity index is 1870. The van der Waals surface area contributed by atoms with Crippen LogP contribution in [0.3, 0.4) is 0 Å². The summed E-state index contributed by atoms with van der Waals surface area (Å²) in [5.41, 5.74) is 4.24. The van der Waals surface area contributed by atoms with E-state index in [1.807, 2.05) is 39.8 Å². The molecule has 2 aliphatic heterocycles. The fourth-order valence-electron chi connectivity index (χ4n) is 7.43. The van der Waals surface area contributed by atoms with Crippen LogP contribution in [0.4, 0.5) is 18.9 Å². The van der Waals surface area contributed by atoms with Gasteiger partial charge in [0.2, 0.25) is 0 Å². The molecule has 2 aromatic carbocycles. The van der Waals surface area contributed by atoms with E-state index in [2.05, 4.69) is 42.5 Å². The number of ketones is 1. The Morgan fingerprint density at radius 1 is 1.18 bits per heavy atom. The van der Waals surface area contributed by atoms with E-state index >= 15 is 0 Å². The minimum atomic E-state index is -4.45. The van der Waals surface area contributed by atoms with E-state index in [1.165, 1.54) is 18.2 Å². The number of amides is 1. The van der Waals surface area contributed by atoms with Gasteiger partial charge in [-0.05, 0) is 101 Å². The number of benzene rings is 2. The van der Waals surface area contributed by atoms with Gasteiger partial charge in [0.1, 0.15) is 11.4 Å². The minimum absolute atomic E-state index is 0.0525. The number of nitrogens with one attached hydrogen (secondary N) is 1. The van der Waals surface area contributed by atoms with Crippen molar-refractivity contribution in [3.05, 3.63) is 82.2 Å². The predicted octanol–water partition coefficient (Wildman–Crippen LogP) is 10.2. The van der Waals surface area contributed by atoms with Crippen LogP contribution < -0.4 is 10.2 Å². The molecule has 0 spiro atoms. The average Bonchev–Trinajstić information content (AvgIpc) is 3.19. The molecule has 0 bridgehead atoms. The van der Waals surface area contributed by atoms with Gasteiger partial charge in [0.25, 0.3) is 5.91 Å². The molecule has 1 amide bonds. The highest BCUT2D eigenvalue weighted by Crippen LogP contribution is 2.42. The predicted molar refractivity (Wildman–Crippen MR) is 226 cm³/mol. The second-order valence-electron chi connectivity index (χ2n) is 14.6. The number of thiocarbonyl (C=S) groups is 1. The van der Waals surface area contributed by atoms with Gasteiger partial charge in [0.05, 0.1) is 33.8 Å². The summed E-state index contributed by atoms with van der Waals surface area (Å²) >= 11 is 5.44. The number of carbonyl (C=O) groups is 2. The van der Waals surface area contributed by atoms with E-state index in [1.54, 1.807) is 23.5 Å². The number of phenols is 1. The number of amidine groups is 1. The molecule has 2 N–H and O–H groups in total. The van der Waals surface area contributed by atoms with Crippen molar-refractivity contribution in [2.75, 3.05) is 18.0 Å². The maximum Gasteiger partial charge on any atom is 0.417 e. The topological polar surface area (TPSA) is 112 Å². The number of rotatable bonds is 12. The first-order chi connectivity index (χ1) is 27.1. The Kier molecular flexibility index (Phi) is 16.9. The summed E-state index contributed by atoms with van der Waals surface area (Å²) in [5.74, 6) is 0.629. The van der Waals surface area contributed by atoms with E-state index < -0.39 is 17.3 Å². The second-order valence-corrected chi connectivity index (χ2v) is 14.8. The van der Waals surface area contributed by atoms with Gasteiger partial charge in [-0.1, -0.05) is 78.4 Å². The van der Waals surface area contributed by atoms with Crippen molar-refractivity contribution in [1.29, 1.82) is 5.26 Å². The number of hydrazone groups is 1. The SMILES string of the molecule is C=C(CCC)N1N=C(c2cc(N3CCC(N(C=S)C4(C(=O)CC)CCC4)CC3)ccc2O)NC(=O)/C1=C(\C)C(C)CC.CC.Cc1ccc(C#N)c(C(F)(F)F)c1. The maximum absolute atomic E-state index is 13.5. The third-order valence-electron chi connectivity index (χ3n) is 11.1.